The number of aliphatic hydroxyl groups is 1. The fraction of sp³-hybridized carbons (Fsp3) is 0.308. The Bertz CT molecular complexity index is 480. The van der Waals surface area contributed by atoms with E-state index >= 15 is 0 Å². The van der Waals surface area contributed by atoms with E-state index in [0.29, 0.717) is 6.61 Å². The molecule has 1 unspecified atom stereocenters. The molecule has 0 saturated carbocycles. The average Bonchev–Trinajstić information content (AvgIpc) is 2.78. The number of thiazole rings is 1. The molecule has 1 aromatic carbocycles. The van der Waals surface area contributed by atoms with Crippen LogP contribution < -0.4 is 4.74 Å². The molecule has 17 heavy (non-hydrogen) atoms. The van der Waals surface area contributed by atoms with Gasteiger partial charge in [-0.05, 0) is 25.5 Å². The van der Waals surface area contributed by atoms with E-state index in [1.807, 2.05) is 30.5 Å². The lowest BCUT2D eigenvalue weighted by Crippen LogP contribution is -2.01. The van der Waals surface area contributed by atoms with Gasteiger partial charge in [-0.15, -0.1) is 11.3 Å². The number of aryl methyl sites for hydroxylation is 1. The van der Waals surface area contributed by atoms with Crippen LogP contribution in [0.4, 0.5) is 0 Å². The lowest BCUT2D eigenvalue weighted by molar-refractivity contribution is 0.190. The van der Waals surface area contributed by atoms with Gasteiger partial charge in [0.25, 0.3) is 0 Å². The summed E-state index contributed by atoms with van der Waals surface area (Å²) in [5.41, 5.74) is 1.93. The zero-order chi connectivity index (χ0) is 12.3. The summed E-state index contributed by atoms with van der Waals surface area (Å²) in [6.45, 7) is 4.18. The van der Waals surface area contributed by atoms with Crippen LogP contribution in [0.1, 0.15) is 29.2 Å². The largest absolute Gasteiger partial charge is 0.486 e. The standard InChI is InChI=1S/C13H15NO2S/c1-9-3-4-11(10(2)15)12(7-9)16-8-13-14-5-6-17-13/h3-7,10,15H,8H2,1-2H3. The lowest BCUT2D eigenvalue weighted by Gasteiger charge is -2.13. The number of aromatic nitrogens is 1. The number of aliphatic hydroxyl groups excluding tert-OH is 1. The van der Waals surface area contributed by atoms with Crippen molar-refractivity contribution in [3.05, 3.63) is 45.9 Å². The summed E-state index contributed by atoms with van der Waals surface area (Å²) >= 11 is 1.56. The Kier molecular flexibility index (Phi) is 3.76. The van der Waals surface area contributed by atoms with Gasteiger partial charge in [0.1, 0.15) is 17.4 Å². The van der Waals surface area contributed by atoms with Crippen molar-refractivity contribution >= 4 is 11.3 Å². The first-order chi connectivity index (χ1) is 8.16. The van der Waals surface area contributed by atoms with Gasteiger partial charge in [0.15, 0.2) is 0 Å². The Morgan fingerprint density at radius 1 is 1.47 bits per heavy atom. The molecule has 4 heteroatoms. The van der Waals surface area contributed by atoms with Crippen LogP contribution in [0, 0.1) is 6.92 Å². The van der Waals surface area contributed by atoms with E-state index in [1.165, 1.54) is 0 Å². The van der Waals surface area contributed by atoms with Crippen LogP contribution in [0.3, 0.4) is 0 Å². The molecular formula is C13H15NO2S. The van der Waals surface area contributed by atoms with Crippen LogP contribution in [0.15, 0.2) is 29.8 Å². The Balaban J connectivity index is 2.16. The van der Waals surface area contributed by atoms with Crippen molar-refractivity contribution < 1.29 is 9.84 Å². The van der Waals surface area contributed by atoms with Crippen molar-refractivity contribution in [2.45, 2.75) is 26.6 Å². The van der Waals surface area contributed by atoms with E-state index in [4.69, 9.17) is 4.74 Å². The van der Waals surface area contributed by atoms with Crippen molar-refractivity contribution in [3.8, 4) is 5.75 Å². The van der Waals surface area contributed by atoms with Gasteiger partial charge in [-0.2, -0.15) is 0 Å². The summed E-state index contributed by atoms with van der Waals surface area (Å²) in [6.07, 6.45) is 1.23. The fourth-order valence-electron chi connectivity index (χ4n) is 1.58. The lowest BCUT2D eigenvalue weighted by atomic mass is 10.1. The molecule has 0 aliphatic rings. The molecule has 2 aromatic rings. The van der Waals surface area contributed by atoms with Gasteiger partial charge in [-0.25, -0.2) is 4.98 Å². The first-order valence-electron chi connectivity index (χ1n) is 5.46. The molecule has 0 saturated heterocycles. The number of benzene rings is 1. The van der Waals surface area contributed by atoms with Crippen molar-refractivity contribution in [2.75, 3.05) is 0 Å². The maximum atomic E-state index is 9.66. The molecule has 1 aromatic heterocycles. The predicted octanol–water partition coefficient (Wildman–Crippen LogP) is 3.08. The minimum absolute atomic E-state index is 0.445. The quantitative estimate of drug-likeness (QED) is 0.905. The summed E-state index contributed by atoms with van der Waals surface area (Å²) in [5.74, 6) is 0.732. The monoisotopic (exact) mass is 249 g/mol. The van der Waals surface area contributed by atoms with Crippen LogP contribution in [-0.2, 0) is 6.61 Å². The zero-order valence-electron chi connectivity index (χ0n) is 9.88. The third kappa shape index (κ3) is 3.05. The Morgan fingerprint density at radius 3 is 2.94 bits per heavy atom. The highest BCUT2D eigenvalue weighted by molar-refractivity contribution is 7.09. The summed E-state index contributed by atoms with van der Waals surface area (Å²) in [5, 5.41) is 12.5. The van der Waals surface area contributed by atoms with E-state index in [0.717, 1.165) is 21.9 Å². The number of hydrogen-bond acceptors (Lipinski definition) is 4. The number of nitrogens with zero attached hydrogens (tertiary/aromatic N) is 1. The molecule has 3 nitrogen and oxygen atoms in total. The Labute approximate surface area is 105 Å². The van der Waals surface area contributed by atoms with Crippen molar-refractivity contribution in [2.24, 2.45) is 0 Å². The smallest absolute Gasteiger partial charge is 0.140 e. The average molecular weight is 249 g/mol. The molecular weight excluding hydrogens is 234 g/mol. The summed E-state index contributed by atoms with van der Waals surface area (Å²) < 4.78 is 5.71. The van der Waals surface area contributed by atoms with Gasteiger partial charge in [-0.1, -0.05) is 12.1 Å². The van der Waals surface area contributed by atoms with E-state index < -0.39 is 6.10 Å². The van der Waals surface area contributed by atoms with Crippen molar-refractivity contribution in [1.29, 1.82) is 0 Å². The highest BCUT2D eigenvalue weighted by atomic mass is 32.1. The maximum absolute atomic E-state index is 9.66. The molecule has 2 rings (SSSR count). The SMILES string of the molecule is Cc1ccc(C(C)O)c(OCc2nccs2)c1. The van der Waals surface area contributed by atoms with Gasteiger partial charge in [0.05, 0.1) is 6.10 Å². The molecule has 0 spiro atoms. The Morgan fingerprint density at radius 2 is 2.29 bits per heavy atom. The van der Waals surface area contributed by atoms with Gasteiger partial charge >= 0.3 is 0 Å². The van der Waals surface area contributed by atoms with Crippen LogP contribution >= 0.6 is 11.3 Å². The summed E-state index contributed by atoms with van der Waals surface area (Å²) in [4.78, 5) is 4.16. The second-order valence-electron chi connectivity index (χ2n) is 3.93. The van der Waals surface area contributed by atoms with E-state index in [9.17, 15) is 5.11 Å². The molecule has 1 heterocycles. The molecule has 0 aliphatic carbocycles. The maximum Gasteiger partial charge on any atom is 0.140 e. The van der Waals surface area contributed by atoms with Gasteiger partial charge in [0, 0.05) is 17.1 Å². The normalized spacial score (nSPS) is 12.4. The summed E-state index contributed by atoms with van der Waals surface area (Å²) in [7, 11) is 0. The third-order valence-corrected chi connectivity index (χ3v) is 3.21. The van der Waals surface area contributed by atoms with E-state index in [2.05, 4.69) is 4.98 Å². The Hall–Kier alpha value is -1.39. The first-order valence-corrected chi connectivity index (χ1v) is 6.34. The second-order valence-corrected chi connectivity index (χ2v) is 4.91. The van der Waals surface area contributed by atoms with Crippen molar-refractivity contribution in [1.82, 2.24) is 4.98 Å². The third-order valence-electron chi connectivity index (χ3n) is 2.45. The van der Waals surface area contributed by atoms with Gasteiger partial charge < -0.3 is 9.84 Å². The molecule has 0 fully saturated rings. The topological polar surface area (TPSA) is 42.4 Å². The molecule has 0 aliphatic heterocycles. The summed E-state index contributed by atoms with van der Waals surface area (Å²) in [6, 6.07) is 5.81. The minimum Gasteiger partial charge on any atom is -0.486 e. The van der Waals surface area contributed by atoms with Crippen LogP contribution in [-0.4, -0.2) is 10.1 Å². The van der Waals surface area contributed by atoms with Crippen LogP contribution in [0.2, 0.25) is 0 Å². The van der Waals surface area contributed by atoms with Crippen molar-refractivity contribution in [3.63, 3.8) is 0 Å². The van der Waals surface area contributed by atoms with E-state index in [1.54, 1.807) is 24.5 Å². The molecule has 0 amide bonds. The first kappa shape index (κ1) is 12.1. The predicted molar refractivity (Wildman–Crippen MR) is 68.3 cm³/mol. The van der Waals surface area contributed by atoms with Gasteiger partial charge in [-0.3, -0.25) is 0 Å². The number of ether oxygens (including phenoxy) is 1. The fourth-order valence-corrected chi connectivity index (χ4v) is 2.10. The molecule has 1 atom stereocenters. The highest BCUT2D eigenvalue weighted by Gasteiger charge is 2.09. The molecule has 90 valence electrons. The number of hydrogen-bond donors (Lipinski definition) is 1. The molecule has 0 bridgehead atoms. The van der Waals surface area contributed by atoms with Crippen LogP contribution in [0.5, 0.6) is 5.75 Å². The highest BCUT2D eigenvalue weighted by Crippen LogP contribution is 2.27. The zero-order valence-corrected chi connectivity index (χ0v) is 10.7. The van der Waals surface area contributed by atoms with E-state index in [-0.39, 0.29) is 0 Å². The molecule has 1 N–H and O–H groups in total. The van der Waals surface area contributed by atoms with Gasteiger partial charge in [0.2, 0.25) is 0 Å². The minimum atomic E-state index is -0.526. The van der Waals surface area contributed by atoms with Crippen LogP contribution in [0.25, 0.3) is 0 Å². The molecule has 0 radical (unpaired) electrons. The second kappa shape index (κ2) is 5.29. The number of rotatable bonds is 4.